The molecule has 0 radical (unpaired) electrons. The van der Waals surface area contributed by atoms with Crippen molar-refractivity contribution in [2.45, 2.75) is 32.1 Å². The fraction of sp³-hybridized carbons (Fsp3) is 0.611. The molecule has 2 aliphatic rings. The zero-order valence-corrected chi connectivity index (χ0v) is 14.4. The van der Waals surface area contributed by atoms with Crippen LogP contribution < -0.4 is 4.90 Å². The number of hydrogen-bond donors (Lipinski definition) is 0. The summed E-state index contributed by atoms with van der Waals surface area (Å²) in [5.74, 6) is 1.27. The second-order valence-electron chi connectivity index (χ2n) is 7.20. The molecule has 0 aromatic heterocycles. The molecular formula is C18H25N3O3. The lowest BCUT2D eigenvalue weighted by molar-refractivity contribution is -0.384. The van der Waals surface area contributed by atoms with Gasteiger partial charge < -0.3 is 9.80 Å². The van der Waals surface area contributed by atoms with E-state index in [1.54, 1.807) is 6.07 Å². The van der Waals surface area contributed by atoms with E-state index >= 15 is 0 Å². The monoisotopic (exact) mass is 331 g/mol. The SMILES string of the molecule is CN(C)c1ccc([N+](=O)[O-])cc1C(=O)N1CC[C@@H]2CCCC[C@@H]2C1. The van der Waals surface area contributed by atoms with Gasteiger partial charge in [0.05, 0.1) is 10.5 Å². The Morgan fingerprint density at radius 1 is 1.21 bits per heavy atom. The molecule has 1 aliphatic carbocycles. The molecule has 1 heterocycles. The molecule has 3 rings (SSSR count). The van der Waals surface area contributed by atoms with Gasteiger partial charge in [-0.2, -0.15) is 0 Å². The maximum atomic E-state index is 13.1. The molecule has 0 spiro atoms. The predicted octanol–water partition coefficient (Wildman–Crippen LogP) is 3.31. The zero-order valence-electron chi connectivity index (χ0n) is 14.4. The van der Waals surface area contributed by atoms with Crippen LogP contribution in [0.3, 0.4) is 0 Å². The maximum absolute atomic E-state index is 13.1. The van der Waals surface area contributed by atoms with Gasteiger partial charge in [-0.3, -0.25) is 14.9 Å². The Kier molecular flexibility index (Phi) is 4.73. The van der Waals surface area contributed by atoms with Gasteiger partial charge in [-0.25, -0.2) is 0 Å². The molecule has 1 aliphatic heterocycles. The van der Waals surface area contributed by atoms with Crippen LogP contribution in [0.1, 0.15) is 42.5 Å². The van der Waals surface area contributed by atoms with Crippen molar-refractivity contribution in [3.05, 3.63) is 33.9 Å². The Balaban J connectivity index is 1.85. The molecule has 1 saturated carbocycles. The minimum absolute atomic E-state index is 0.0310. The molecule has 2 fully saturated rings. The topological polar surface area (TPSA) is 66.7 Å². The number of nitro groups is 1. The van der Waals surface area contributed by atoms with Gasteiger partial charge in [-0.1, -0.05) is 19.3 Å². The van der Waals surface area contributed by atoms with Gasteiger partial charge >= 0.3 is 0 Å². The summed E-state index contributed by atoms with van der Waals surface area (Å²) < 4.78 is 0. The first-order valence-electron chi connectivity index (χ1n) is 8.72. The molecule has 1 aromatic carbocycles. The van der Waals surface area contributed by atoms with Gasteiger partial charge in [0, 0.05) is 45.0 Å². The van der Waals surface area contributed by atoms with Gasteiger partial charge in [0.2, 0.25) is 0 Å². The quantitative estimate of drug-likeness (QED) is 0.629. The first kappa shape index (κ1) is 16.7. The van der Waals surface area contributed by atoms with E-state index in [4.69, 9.17) is 0 Å². The lowest BCUT2D eigenvalue weighted by atomic mass is 9.75. The standard InChI is InChI=1S/C18H25N3O3/c1-19(2)17-8-7-15(21(23)24)11-16(17)18(22)20-10-9-13-5-3-4-6-14(13)12-20/h7-8,11,13-14H,3-6,9-10,12H2,1-2H3/t13-,14+/m0/s1. The lowest BCUT2D eigenvalue weighted by Crippen LogP contribution is -2.45. The zero-order chi connectivity index (χ0) is 17.3. The highest BCUT2D eigenvalue weighted by Gasteiger charge is 2.34. The molecular weight excluding hydrogens is 306 g/mol. The Labute approximate surface area is 142 Å². The molecule has 24 heavy (non-hydrogen) atoms. The summed E-state index contributed by atoms with van der Waals surface area (Å²) in [5.41, 5.74) is 1.14. The largest absolute Gasteiger partial charge is 0.377 e. The van der Waals surface area contributed by atoms with Crippen molar-refractivity contribution in [1.82, 2.24) is 4.90 Å². The maximum Gasteiger partial charge on any atom is 0.270 e. The third-order valence-corrected chi connectivity index (χ3v) is 5.48. The Bertz CT molecular complexity index is 644. The highest BCUT2D eigenvalue weighted by Crippen LogP contribution is 2.37. The number of fused-ring (bicyclic) bond motifs is 1. The van der Waals surface area contributed by atoms with E-state index in [-0.39, 0.29) is 11.6 Å². The van der Waals surface area contributed by atoms with Gasteiger partial charge in [-0.15, -0.1) is 0 Å². The number of non-ortho nitro benzene ring substituents is 1. The molecule has 1 amide bonds. The summed E-state index contributed by atoms with van der Waals surface area (Å²) in [5, 5.41) is 11.1. The number of hydrogen-bond acceptors (Lipinski definition) is 4. The van der Waals surface area contributed by atoms with Crippen LogP contribution in [0.2, 0.25) is 0 Å². The highest BCUT2D eigenvalue weighted by molar-refractivity contribution is 6.00. The summed E-state index contributed by atoms with van der Waals surface area (Å²) in [6.45, 7) is 1.55. The van der Waals surface area contributed by atoms with E-state index < -0.39 is 4.92 Å². The summed E-state index contributed by atoms with van der Waals surface area (Å²) in [7, 11) is 3.70. The number of likely N-dealkylation sites (tertiary alicyclic amines) is 1. The third-order valence-electron chi connectivity index (χ3n) is 5.48. The fourth-order valence-corrected chi connectivity index (χ4v) is 4.15. The number of nitrogens with zero attached hydrogens (tertiary/aromatic N) is 3. The minimum Gasteiger partial charge on any atom is -0.377 e. The van der Waals surface area contributed by atoms with Crippen LogP contribution in [-0.4, -0.2) is 42.9 Å². The van der Waals surface area contributed by atoms with Crippen LogP contribution >= 0.6 is 0 Å². The number of amides is 1. The lowest BCUT2D eigenvalue weighted by Gasteiger charge is -2.41. The van der Waals surface area contributed by atoms with Gasteiger partial charge in [0.25, 0.3) is 11.6 Å². The van der Waals surface area contributed by atoms with Crippen molar-refractivity contribution in [3.8, 4) is 0 Å². The van der Waals surface area contributed by atoms with Crippen molar-refractivity contribution in [2.24, 2.45) is 11.8 Å². The molecule has 2 atom stereocenters. The van der Waals surface area contributed by atoms with Crippen molar-refractivity contribution < 1.29 is 9.72 Å². The van der Waals surface area contributed by atoms with Crippen molar-refractivity contribution >= 4 is 17.3 Å². The van der Waals surface area contributed by atoms with E-state index in [1.165, 1.54) is 37.8 Å². The molecule has 6 heteroatoms. The minimum atomic E-state index is -0.441. The van der Waals surface area contributed by atoms with Crippen LogP contribution in [0.15, 0.2) is 18.2 Å². The molecule has 0 N–H and O–H groups in total. The predicted molar refractivity (Wildman–Crippen MR) is 93.4 cm³/mol. The normalized spacial score (nSPS) is 23.5. The van der Waals surface area contributed by atoms with E-state index in [0.29, 0.717) is 11.5 Å². The third kappa shape index (κ3) is 3.23. The fourth-order valence-electron chi connectivity index (χ4n) is 4.15. The molecule has 130 valence electrons. The number of benzene rings is 1. The second kappa shape index (κ2) is 6.79. The van der Waals surface area contributed by atoms with E-state index in [1.807, 2.05) is 23.9 Å². The summed E-state index contributed by atoms with van der Waals surface area (Å²) in [6, 6.07) is 4.54. The number of carbonyl (C=O) groups excluding carboxylic acids is 1. The smallest absolute Gasteiger partial charge is 0.270 e. The average Bonchev–Trinajstić information content (AvgIpc) is 2.60. The first-order valence-corrected chi connectivity index (χ1v) is 8.72. The first-order chi connectivity index (χ1) is 11.5. The van der Waals surface area contributed by atoms with E-state index in [2.05, 4.69) is 0 Å². The Morgan fingerprint density at radius 2 is 1.92 bits per heavy atom. The number of piperidine rings is 1. The van der Waals surface area contributed by atoms with Crippen molar-refractivity contribution in [2.75, 3.05) is 32.1 Å². The number of nitro benzene ring substituents is 1. The van der Waals surface area contributed by atoms with E-state index in [0.717, 1.165) is 31.1 Å². The summed E-state index contributed by atoms with van der Waals surface area (Å²) >= 11 is 0. The van der Waals surface area contributed by atoms with Gasteiger partial charge in [-0.05, 0) is 30.7 Å². The second-order valence-corrected chi connectivity index (χ2v) is 7.20. The van der Waals surface area contributed by atoms with Gasteiger partial charge in [0.1, 0.15) is 0 Å². The Morgan fingerprint density at radius 3 is 2.58 bits per heavy atom. The highest BCUT2D eigenvalue weighted by atomic mass is 16.6. The molecule has 0 bridgehead atoms. The molecule has 1 saturated heterocycles. The van der Waals surface area contributed by atoms with Crippen LogP contribution in [-0.2, 0) is 0 Å². The Hall–Kier alpha value is -2.11. The average molecular weight is 331 g/mol. The van der Waals surface area contributed by atoms with Crippen LogP contribution in [0.4, 0.5) is 11.4 Å². The molecule has 1 aromatic rings. The van der Waals surface area contributed by atoms with Gasteiger partial charge in [0.15, 0.2) is 0 Å². The van der Waals surface area contributed by atoms with Crippen LogP contribution in [0.25, 0.3) is 0 Å². The number of anilines is 1. The number of carbonyl (C=O) groups is 1. The van der Waals surface area contributed by atoms with Crippen molar-refractivity contribution in [3.63, 3.8) is 0 Å². The van der Waals surface area contributed by atoms with E-state index in [9.17, 15) is 14.9 Å². The summed E-state index contributed by atoms with van der Waals surface area (Å²) in [6.07, 6.45) is 6.10. The molecule has 0 unspecified atom stereocenters. The van der Waals surface area contributed by atoms with Crippen LogP contribution in [0, 0.1) is 22.0 Å². The van der Waals surface area contributed by atoms with Crippen molar-refractivity contribution in [1.29, 1.82) is 0 Å². The molecule has 6 nitrogen and oxygen atoms in total. The number of rotatable bonds is 3. The summed E-state index contributed by atoms with van der Waals surface area (Å²) in [4.78, 5) is 27.4. The van der Waals surface area contributed by atoms with Crippen LogP contribution in [0.5, 0.6) is 0 Å².